The number of benzene rings is 2. The second-order valence-corrected chi connectivity index (χ2v) is 5.31. The molecule has 0 fully saturated rings. The predicted octanol–water partition coefficient (Wildman–Crippen LogP) is 3.91. The van der Waals surface area contributed by atoms with Crippen LogP contribution in [0.25, 0.3) is 0 Å². The first-order valence-corrected chi connectivity index (χ1v) is 7.84. The van der Waals surface area contributed by atoms with E-state index < -0.39 is 5.97 Å². The summed E-state index contributed by atoms with van der Waals surface area (Å²) in [4.78, 5) is 27.7. The minimum absolute atomic E-state index is 0.0757. The second kappa shape index (κ2) is 7.94. The van der Waals surface area contributed by atoms with Crippen LogP contribution in [-0.4, -0.2) is 24.0 Å². The van der Waals surface area contributed by atoms with Crippen LogP contribution >= 0.6 is 0 Å². The van der Waals surface area contributed by atoms with E-state index in [4.69, 9.17) is 4.74 Å². The van der Waals surface area contributed by atoms with Crippen LogP contribution in [-0.2, 0) is 4.74 Å². The molecular formula is C20H16N2O4. The van der Waals surface area contributed by atoms with Crippen LogP contribution in [0, 0.1) is 0 Å². The standard InChI is InChI=1S/C20H16N2O4/c1-25-20(24)18-13-14(11-12-21-18)19(23)22-15-7-9-17(10-8-15)26-16-5-3-2-4-6-16/h2-13H,1H3,(H,22,23). The number of ether oxygens (including phenoxy) is 2. The first kappa shape index (κ1) is 17.2. The number of rotatable bonds is 5. The van der Waals surface area contributed by atoms with Gasteiger partial charge in [-0.3, -0.25) is 4.79 Å². The summed E-state index contributed by atoms with van der Waals surface area (Å²) >= 11 is 0. The summed E-state index contributed by atoms with van der Waals surface area (Å²) in [5, 5.41) is 2.76. The fourth-order valence-corrected chi connectivity index (χ4v) is 2.22. The molecule has 0 saturated carbocycles. The van der Waals surface area contributed by atoms with Crippen molar-refractivity contribution in [3.8, 4) is 11.5 Å². The number of amides is 1. The number of carbonyl (C=O) groups is 2. The van der Waals surface area contributed by atoms with Gasteiger partial charge < -0.3 is 14.8 Å². The second-order valence-electron chi connectivity index (χ2n) is 5.31. The van der Waals surface area contributed by atoms with Gasteiger partial charge in [0.2, 0.25) is 0 Å². The third kappa shape index (κ3) is 4.24. The van der Waals surface area contributed by atoms with Crippen molar-refractivity contribution in [1.29, 1.82) is 0 Å². The Morgan fingerprint density at radius 1 is 0.923 bits per heavy atom. The van der Waals surface area contributed by atoms with Crippen LogP contribution in [0.1, 0.15) is 20.8 Å². The fraction of sp³-hybridized carbons (Fsp3) is 0.0500. The van der Waals surface area contributed by atoms with Crippen LogP contribution in [0.4, 0.5) is 5.69 Å². The third-order valence-electron chi connectivity index (χ3n) is 3.51. The average molecular weight is 348 g/mol. The molecule has 0 radical (unpaired) electrons. The van der Waals surface area contributed by atoms with Crippen molar-refractivity contribution in [2.45, 2.75) is 0 Å². The molecule has 1 aromatic heterocycles. The molecule has 0 spiro atoms. The van der Waals surface area contributed by atoms with E-state index in [1.165, 1.54) is 25.4 Å². The lowest BCUT2D eigenvalue weighted by molar-refractivity contribution is 0.0594. The van der Waals surface area contributed by atoms with E-state index in [0.29, 0.717) is 17.0 Å². The smallest absolute Gasteiger partial charge is 0.356 e. The van der Waals surface area contributed by atoms with Gasteiger partial charge in [-0.05, 0) is 48.5 Å². The molecule has 1 amide bonds. The summed E-state index contributed by atoms with van der Waals surface area (Å²) in [6, 6.07) is 19.3. The highest BCUT2D eigenvalue weighted by Crippen LogP contribution is 2.22. The summed E-state index contributed by atoms with van der Waals surface area (Å²) in [5.74, 6) is 0.443. The highest BCUT2D eigenvalue weighted by atomic mass is 16.5. The monoisotopic (exact) mass is 348 g/mol. The van der Waals surface area contributed by atoms with Gasteiger partial charge in [0.15, 0.2) is 0 Å². The number of nitrogens with one attached hydrogen (secondary N) is 1. The zero-order valence-corrected chi connectivity index (χ0v) is 14.0. The van der Waals surface area contributed by atoms with Crippen LogP contribution in [0.15, 0.2) is 72.9 Å². The maximum absolute atomic E-state index is 12.3. The van der Waals surface area contributed by atoms with Crippen LogP contribution < -0.4 is 10.1 Å². The van der Waals surface area contributed by atoms with Gasteiger partial charge in [-0.1, -0.05) is 18.2 Å². The quantitative estimate of drug-likeness (QED) is 0.707. The fourth-order valence-electron chi connectivity index (χ4n) is 2.22. The van der Waals surface area contributed by atoms with Gasteiger partial charge in [0.05, 0.1) is 7.11 Å². The van der Waals surface area contributed by atoms with Gasteiger partial charge in [-0.15, -0.1) is 0 Å². The van der Waals surface area contributed by atoms with E-state index in [9.17, 15) is 9.59 Å². The summed E-state index contributed by atoms with van der Waals surface area (Å²) in [7, 11) is 1.26. The molecule has 3 aromatic rings. The van der Waals surface area contributed by atoms with Gasteiger partial charge in [0.25, 0.3) is 5.91 Å². The van der Waals surface area contributed by atoms with Crippen molar-refractivity contribution in [2.75, 3.05) is 12.4 Å². The molecule has 0 aliphatic rings. The Bertz CT molecular complexity index is 909. The van der Waals surface area contributed by atoms with Gasteiger partial charge in [0, 0.05) is 17.4 Å². The molecule has 0 unspecified atom stereocenters. The van der Waals surface area contributed by atoms with Crippen molar-refractivity contribution in [1.82, 2.24) is 4.98 Å². The largest absolute Gasteiger partial charge is 0.464 e. The summed E-state index contributed by atoms with van der Waals surface area (Å²) in [6.07, 6.45) is 1.39. The minimum atomic E-state index is -0.595. The number of hydrogen-bond acceptors (Lipinski definition) is 5. The van der Waals surface area contributed by atoms with Gasteiger partial charge in [-0.2, -0.15) is 0 Å². The molecule has 130 valence electrons. The lowest BCUT2D eigenvalue weighted by Gasteiger charge is -2.08. The maximum atomic E-state index is 12.3. The number of aromatic nitrogens is 1. The molecule has 0 aliphatic carbocycles. The number of anilines is 1. The molecule has 0 bridgehead atoms. The molecule has 6 heteroatoms. The number of esters is 1. The first-order chi connectivity index (χ1) is 12.7. The summed E-state index contributed by atoms with van der Waals surface area (Å²) in [5.41, 5.74) is 0.989. The molecule has 1 N–H and O–H groups in total. The molecule has 2 aromatic carbocycles. The van der Waals surface area contributed by atoms with E-state index in [1.807, 2.05) is 30.3 Å². The Morgan fingerprint density at radius 3 is 2.31 bits per heavy atom. The summed E-state index contributed by atoms with van der Waals surface area (Å²) < 4.78 is 10.3. The number of carbonyl (C=O) groups excluding carboxylic acids is 2. The number of hydrogen-bond donors (Lipinski definition) is 1. The van der Waals surface area contributed by atoms with Crippen molar-refractivity contribution in [3.05, 3.63) is 84.2 Å². The zero-order chi connectivity index (χ0) is 18.4. The number of pyridine rings is 1. The number of methoxy groups -OCH3 is 1. The molecule has 0 atom stereocenters. The SMILES string of the molecule is COC(=O)c1cc(C(=O)Nc2ccc(Oc3ccccc3)cc2)ccn1. The molecule has 0 aliphatic heterocycles. The highest BCUT2D eigenvalue weighted by molar-refractivity contribution is 6.05. The molecule has 6 nitrogen and oxygen atoms in total. The third-order valence-corrected chi connectivity index (χ3v) is 3.51. The molecule has 26 heavy (non-hydrogen) atoms. The van der Waals surface area contributed by atoms with Crippen LogP contribution in [0.3, 0.4) is 0 Å². The predicted molar refractivity (Wildman–Crippen MR) is 96.5 cm³/mol. The van der Waals surface area contributed by atoms with Gasteiger partial charge in [-0.25, -0.2) is 9.78 Å². The highest BCUT2D eigenvalue weighted by Gasteiger charge is 2.12. The van der Waals surface area contributed by atoms with Crippen LogP contribution in [0.2, 0.25) is 0 Å². The Labute approximate surface area is 150 Å². The lowest BCUT2D eigenvalue weighted by atomic mass is 10.2. The van der Waals surface area contributed by atoms with Crippen molar-refractivity contribution in [3.63, 3.8) is 0 Å². The Balaban J connectivity index is 1.67. The normalized spacial score (nSPS) is 10.0. The molecule has 3 rings (SSSR count). The molecular weight excluding hydrogens is 332 g/mol. The Hall–Kier alpha value is -3.67. The van der Waals surface area contributed by atoms with E-state index in [2.05, 4.69) is 15.0 Å². The topological polar surface area (TPSA) is 77.5 Å². The van der Waals surface area contributed by atoms with Crippen LogP contribution in [0.5, 0.6) is 11.5 Å². The number of para-hydroxylation sites is 1. The lowest BCUT2D eigenvalue weighted by Crippen LogP contribution is -2.14. The zero-order valence-electron chi connectivity index (χ0n) is 14.0. The van der Waals surface area contributed by atoms with Gasteiger partial charge >= 0.3 is 5.97 Å². The van der Waals surface area contributed by atoms with E-state index in [0.717, 1.165) is 5.75 Å². The van der Waals surface area contributed by atoms with E-state index in [1.54, 1.807) is 24.3 Å². The van der Waals surface area contributed by atoms with Crippen molar-refractivity contribution < 1.29 is 19.1 Å². The average Bonchev–Trinajstić information content (AvgIpc) is 2.69. The van der Waals surface area contributed by atoms with Gasteiger partial charge in [0.1, 0.15) is 17.2 Å². The van der Waals surface area contributed by atoms with E-state index in [-0.39, 0.29) is 11.6 Å². The number of nitrogens with zero attached hydrogens (tertiary/aromatic N) is 1. The molecule has 0 saturated heterocycles. The van der Waals surface area contributed by atoms with Crippen molar-refractivity contribution in [2.24, 2.45) is 0 Å². The first-order valence-electron chi connectivity index (χ1n) is 7.84. The Kier molecular flexibility index (Phi) is 5.24. The van der Waals surface area contributed by atoms with Crippen molar-refractivity contribution >= 4 is 17.6 Å². The minimum Gasteiger partial charge on any atom is -0.464 e. The maximum Gasteiger partial charge on any atom is 0.356 e. The summed E-state index contributed by atoms with van der Waals surface area (Å²) in [6.45, 7) is 0. The molecule has 1 heterocycles. The van der Waals surface area contributed by atoms with E-state index >= 15 is 0 Å². The Morgan fingerprint density at radius 2 is 1.62 bits per heavy atom.